The summed E-state index contributed by atoms with van der Waals surface area (Å²) in [6.07, 6.45) is 5.84. The molecule has 0 radical (unpaired) electrons. The average Bonchev–Trinajstić information content (AvgIpc) is 2.43. The Kier molecular flexibility index (Phi) is 4.29. The van der Waals surface area contributed by atoms with Gasteiger partial charge in [-0.3, -0.25) is 0 Å². The standard InChI is InChI=1S/C10H16ClNO/c1-3-4-5-6-7-9-10(11)8(2)12-13-9/h3-7H2,1-2H3. The maximum Gasteiger partial charge on any atom is 0.155 e. The van der Waals surface area contributed by atoms with E-state index in [-0.39, 0.29) is 0 Å². The Hall–Kier alpha value is -0.500. The van der Waals surface area contributed by atoms with Crippen LogP contribution in [0.4, 0.5) is 0 Å². The van der Waals surface area contributed by atoms with Crippen LogP contribution in [0.2, 0.25) is 5.02 Å². The molecule has 0 spiro atoms. The molecule has 13 heavy (non-hydrogen) atoms. The SMILES string of the molecule is CCCCCCc1onc(C)c1Cl. The van der Waals surface area contributed by atoms with E-state index < -0.39 is 0 Å². The van der Waals surface area contributed by atoms with E-state index in [1.807, 2.05) is 6.92 Å². The van der Waals surface area contributed by atoms with Crippen LogP contribution in [-0.2, 0) is 6.42 Å². The molecule has 0 atom stereocenters. The first-order valence-electron chi connectivity index (χ1n) is 4.86. The Morgan fingerprint density at radius 1 is 1.31 bits per heavy atom. The van der Waals surface area contributed by atoms with Gasteiger partial charge in [-0.25, -0.2) is 0 Å². The molecule has 0 fully saturated rings. The summed E-state index contributed by atoms with van der Waals surface area (Å²) in [5, 5.41) is 4.51. The van der Waals surface area contributed by atoms with Crippen molar-refractivity contribution in [3.63, 3.8) is 0 Å². The topological polar surface area (TPSA) is 26.0 Å². The van der Waals surface area contributed by atoms with Crippen molar-refractivity contribution in [2.75, 3.05) is 0 Å². The molecule has 74 valence electrons. The molecule has 0 aliphatic heterocycles. The zero-order valence-electron chi connectivity index (χ0n) is 8.27. The highest BCUT2D eigenvalue weighted by molar-refractivity contribution is 6.31. The van der Waals surface area contributed by atoms with Gasteiger partial charge in [0.2, 0.25) is 0 Å². The predicted molar refractivity (Wildman–Crippen MR) is 54.1 cm³/mol. The van der Waals surface area contributed by atoms with Gasteiger partial charge in [-0.2, -0.15) is 0 Å². The molecule has 0 unspecified atom stereocenters. The van der Waals surface area contributed by atoms with Crippen LogP contribution in [0.15, 0.2) is 4.52 Å². The van der Waals surface area contributed by atoms with E-state index in [0.717, 1.165) is 24.3 Å². The monoisotopic (exact) mass is 201 g/mol. The zero-order chi connectivity index (χ0) is 9.68. The molecule has 0 aliphatic rings. The Labute approximate surface area is 84.3 Å². The van der Waals surface area contributed by atoms with E-state index in [9.17, 15) is 0 Å². The molecule has 1 aromatic rings. The van der Waals surface area contributed by atoms with Gasteiger partial charge in [0.1, 0.15) is 5.02 Å². The largest absolute Gasteiger partial charge is 0.360 e. The Balaban J connectivity index is 2.32. The molecule has 0 saturated heterocycles. The molecule has 2 nitrogen and oxygen atoms in total. The summed E-state index contributed by atoms with van der Waals surface area (Å²) in [5.74, 6) is 0.843. The Morgan fingerprint density at radius 2 is 2.08 bits per heavy atom. The summed E-state index contributed by atoms with van der Waals surface area (Å²) < 4.78 is 5.09. The van der Waals surface area contributed by atoms with Gasteiger partial charge < -0.3 is 4.52 Å². The van der Waals surface area contributed by atoms with Crippen LogP contribution in [0.5, 0.6) is 0 Å². The molecule has 1 aromatic heterocycles. The number of rotatable bonds is 5. The molecule has 0 aliphatic carbocycles. The Bertz CT molecular complexity index is 257. The van der Waals surface area contributed by atoms with Crippen LogP contribution < -0.4 is 0 Å². The van der Waals surface area contributed by atoms with Crippen LogP contribution in [0.3, 0.4) is 0 Å². The molecule has 1 rings (SSSR count). The van der Waals surface area contributed by atoms with Crippen molar-refractivity contribution < 1.29 is 4.52 Å². The number of nitrogens with zero attached hydrogens (tertiary/aromatic N) is 1. The van der Waals surface area contributed by atoms with Gasteiger partial charge in [0, 0.05) is 6.42 Å². The van der Waals surface area contributed by atoms with Crippen molar-refractivity contribution in [2.45, 2.75) is 46.0 Å². The first-order chi connectivity index (χ1) is 6.25. The van der Waals surface area contributed by atoms with Gasteiger partial charge in [0.25, 0.3) is 0 Å². The van der Waals surface area contributed by atoms with E-state index in [1.165, 1.54) is 19.3 Å². The summed E-state index contributed by atoms with van der Waals surface area (Å²) in [5.41, 5.74) is 0.798. The van der Waals surface area contributed by atoms with Gasteiger partial charge in [-0.05, 0) is 13.3 Å². The van der Waals surface area contributed by atoms with Crippen molar-refractivity contribution in [3.05, 3.63) is 16.5 Å². The smallest absolute Gasteiger partial charge is 0.155 e. The summed E-state index contributed by atoms with van der Waals surface area (Å²) in [4.78, 5) is 0. The van der Waals surface area contributed by atoms with Gasteiger partial charge in [0.15, 0.2) is 5.76 Å². The highest BCUT2D eigenvalue weighted by Gasteiger charge is 2.09. The van der Waals surface area contributed by atoms with E-state index in [4.69, 9.17) is 16.1 Å². The highest BCUT2D eigenvalue weighted by Crippen LogP contribution is 2.21. The highest BCUT2D eigenvalue weighted by atomic mass is 35.5. The minimum atomic E-state index is 0.705. The van der Waals surface area contributed by atoms with E-state index in [1.54, 1.807) is 0 Å². The first-order valence-corrected chi connectivity index (χ1v) is 5.24. The third-order valence-electron chi connectivity index (χ3n) is 2.11. The average molecular weight is 202 g/mol. The third kappa shape index (κ3) is 3.03. The fourth-order valence-electron chi connectivity index (χ4n) is 1.27. The van der Waals surface area contributed by atoms with Crippen molar-refractivity contribution in [2.24, 2.45) is 0 Å². The van der Waals surface area contributed by atoms with Gasteiger partial charge in [-0.15, -0.1) is 0 Å². The van der Waals surface area contributed by atoms with E-state index >= 15 is 0 Å². The number of aromatic nitrogens is 1. The van der Waals surface area contributed by atoms with E-state index in [2.05, 4.69) is 12.1 Å². The quantitative estimate of drug-likeness (QED) is 0.678. The molecule has 0 saturated carbocycles. The molecule has 3 heteroatoms. The lowest BCUT2D eigenvalue weighted by atomic mass is 10.1. The summed E-state index contributed by atoms with van der Waals surface area (Å²) in [6.45, 7) is 4.06. The lowest BCUT2D eigenvalue weighted by Crippen LogP contribution is -1.83. The second-order valence-corrected chi connectivity index (χ2v) is 3.69. The maximum atomic E-state index is 5.97. The minimum Gasteiger partial charge on any atom is -0.360 e. The summed E-state index contributed by atoms with van der Waals surface area (Å²) in [7, 11) is 0. The van der Waals surface area contributed by atoms with Crippen molar-refractivity contribution in [3.8, 4) is 0 Å². The van der Waals surface area contributed by atoms with Gasteiger partial charge in [-0.1, -0.05) is 42.9 Å². The van der Waals surface area contributed by atoms with Crippen LogP contribution in [-0.4, -0.2) is 5.16 Å². The second-order valence-electron chi connectivity index (χ2n) is 3.32. The normalized spacial score (nSPS) is 10.7. The fraction of sp³-hybridized carbons (Fsp3) is 0.700. The number of hydrogen-bond donors (Lipinski definition) is 0. The molecule has 0 amide bonds. The van der Waals surface area contributed by atoms with Crippen LogP contribution in [0, 0.1) is 6.92 Å². The molecular formula is C10H16ClNO. The molecule has 0 bridgehead atoms. The molecule has 0 aromatic carbocycles. The number of aryl methyl sites for hydroxylation is 2. The molecule has 1 heterocycles. The summed E-state index contributed by atoms with van der Waals surface area (Å²) >= 11 is 5.97. The van der Waals surface area contributed by atoms with Crippen LogP contribution in [0.25, 0.3) is 0 Å². The number of halogens is 1. The van der Waals surface area contributed by atoms with Crippen LogP contribution >= 0.6 is 11.6 Å². The Morgan fingerprint density at radius 3 is 2.62 bits per heavy atom. The predicted octanol–water partition coefficient (Wildman–Crippen LogP) is 3.76. The summed E-state index contributed by atoms with van der Waals surface area (Å²) in [6, 6.07) is 0. The van der Waals surface area contributed by atoms with E-state index in [0.29, 0.717) is 5.02 Å². The minimum absolute atomic E-state index is 0.705. The maximum absolute atomic E-state index is 5.97. The molecule has 0 N–H and O–H groups in total. The van der Waals surface area contributed by atoms with Gasteiger partial charge >= 0.3 is 0 Å². The van der Waals surface area contributed by atoms with Gasteiger partial charge in [0.05, 0.1) is 5.69 Å². The fourth-order valence-corrected chi connectivity index (χ4v) is 1.44. The lowest BCUT2D eigenvalue weighted by Gasteiger charge is -1.96. The number of unbranched alkanes of at least 4 members (excludes halogenated alkanes) is 3. The van der Waals surface area contributed by atoms with Crippen LogP contribution in [0.1, 0.15) is 44.1 Å². The van der Waals surface area contributed by atoms with Crippen molar-refractivity contribution in [1.82, 2.24) is 5.16 Å². The zero-order valence-corrected chi connectivity index (χ0v) is 9.02. The third-order valence-corrected chi connectivity index (χ3v) is 2.60. The number of hydrogen-bond acceptors (Lipinski definition) is 2. The second kappa shape index (κ2) is 5.28. The van der Waals surface area contributed by atoms with Crippen molar-refractivity contribution in [1.29, 1.82) is 0 Å². The first kappa shape index (κ1) is 10.6. The lowest BCUT2D eigenvalue weighted by molar-refractivity contribution is 0.375. The molecular weight excluding hydrogens is 186 g/mol. The van der Waals surface area contributed by atoms with Crippen molar-refractivity contribution >= 4 is 11.6 Å².